The smallest absolute Gasteiger partial charge is 0.323 e. The van der Waals surface area contributed by atoms with Crippen molar-refractivity contribution < 1.29 is 9.59 Å². The Bertz CT molecular complexity index is 969. The Balaban J connectivity index is 1.18. The SMILES string of the molecule is O=C1NC2(CCCCCCC2)C(=O)N1CN1CCN(Cc2cccc3ccccc23)CC1. The van der Waals surface area contributed by atoms with Crippen LogP contribution in [0, 0.1) is 0 Å². The summed E-state index contributed by atoms with van der Waals surface area (Å²) in [5, 5.41) is 5.69. The van der Waals surface area contributed by atoms with E-state index in [4.69, 9.17) is 0 Å². The van der Waals surface area contributed by atoms with Crippen LogP contribution in [0.4, 0.5) is 4.79 Å². The Kier molecular flexibility index (Phi) is 6.15. The van der Waals surface area contributed by atoms with Crippen LogP contribution in [0.1, 0.15) is 50.5 Å². The van der Waals surface area contributed by atoms with Crippen molar-refractivity contribution in [3.63, 3.8) is 0 Å². The summed E-state index contributed by atoms with van der Waals surface area (Å²) in [7, 11) is 0. The van der Waals surface area contributed by atoms with Crippen LogP contribution in [0.3, 0.4) is 0 Å². The average molecular weight is 435 g/mol. The number of rotatable bonds is 4. The second-order valence-corrected chi connectivity index (χ2v) is 9.69. The van der Waals surface area contributed by atoms with Crippen molar-refractivity contribution in [2.75, 3.05) is 32.8 Å². The maximum atomic E-state index is 13.3. The lowest BCUT2D eigenvalue weighted by atomic mass is 9.84. The topological polar surface area (TPSA) is 55.9 Å². The average Bonchev–Trinajstić information content (AvgIpc) is 3.03. The lowest BCUT2D eigenvalue weighted by molar-refractivity contribution is -0.133. The highest BCUT2D eigenvalue weighted by molar-refractivity contribution is 6.07. The van der Waals surface area contributed by atoms with Gasteiger partial charge in [-0.1, -0.05) is 74.6 Å². The zero-order valence-corrected chi connectivity index (χ0v) is 18.9. The van der Waals surface area contributed by atoms with Crippen molar-refractivity contribution >= 4 is 22.7 Å². The van der Waals surface area contributed by atoms with Crippen molar-refractivity contribution in [2.45, 2.75) is 57.0 Å². The third kappa shape index (κ3) is 4.26. The number of amides is 3. The fourth-order valence-electron chi connectivity index (χ4n) is 5.61. The van der Waals surface area contributed by atoms with Gasteiger partial charge in [-0.25, -0.2) is 9.69 Å². The Morgan fingerprint density at radius 2 is 1.44 bits per heavy atom. The molecule has 0 atom stereocenters. The molecule has 2 aliphatic heterocycles. The molecule has 2 saturated heterocycles. The number of nitrogens with one attached hydrogen (secondary N) is 1. The fourth-order valence-corrected chi connectivity index (χ4v) is 5.61. The van der Waals surface area contributed by atoms with Gasteiger partial charge in [0.25, 0.3) is 5.91 Å². The number of imide groups is 1. The zero-order chi connectivity index (χ0) is 22.0. The Morgan fingerprint density at radius 1 is 0.781 bits per heavy atom. The fraction of sp³-hybridized carbons (Fsp3) is 0.538. The molecule has 0 radical (unpaired) electrons. The van der Waals surface area contributed by atoms with Gasteiger partial charge in [-0.05, 0) is 29.2 Å². The minimum atomic E-state index is -0.645. The van der Waals surface area contributed by atoms with Crippen molar-refractivity contribution in [3.05, 3.63) is 48.0 Å². The van der Waals surface area contributed by atoms with Crippen LogP contribution in [0.5, 0.6) is 0 Å². The Labute approximate surface area is 190 Å². The maximum Gasteiger partial charge on any atom is 0.326 e. The van der Waals surface area contributed by atoms with Gasteiger partial charge in [0, 0.05) is 32.7 Å². The number of piperazine rings is 1. The molecule has 3 aliphatic rings. The van der Waals surface area contributed by atoms with Crippen LogP contribution < -0.4 is 5.32 Å². The van der Waals surface area contributed by atoms with E-state index in [0.29, 0.717) is 6.67 Å². The molecular formula is C26H34N4O2. The molecule has 1 aliphatic carbocycles. The van der Waals surface area contributed by atoms with Crippen LogP contribution >= 0.6 is 0 Å². The van der Waals surface area contributed by atoms with Gasteiger partial charge < -0.3 is 5.32 Å². The van der Waals surface area contributed by atoms with Gasteiger partial charge in [-0.15, -0.1) is 0 Å². The molecular weight excluding hydrogens is 400 g/mol. The lowest BCUT2D eigenvalue weighted by Crippen LogP contribution is -2.52. The summed E-state index contributed by atoms with van der Waals surface area (Å²) in [5.41, 5.74) is 0.713. The molecule has 170 valence electrons. The summed E-state index contributed by atoms with van der Waals surface area (Å²) < 4.78 is 0. The molecule has 2 heterocycles. The maximum absolute atomic E-state index is 13.3. The van der Waals surface area contributed by atoms with Gasteiger partial charge in [0.1, 0.15) is 5.54 Å². The molecule has 1 saturated carbocycles. The molecule has 1 spiro atoms. The second-order valence-electron chi connectivity index (χ2n) is 9.69. The normalized spacial score (nSPS) is 22.8. The minimum Gasteiger partial charge on any atom is -0.323 e. The highest BCUT2D eigenvalue weighted by Gasteiger charge is 2.50. The van der Waals surface area contributed by atoms with E-state index in [0.717, 1.165) is 71.2 Å². The van der Waals surface area contributed by atoms with E-state index >= 15 is 0 Å². The summed E-state index contributed by atoms with van der Waals surface area (Å²) in [6, 6.07) is 14.9. The molecule has 6 nitrogen and oxygen atoms in total. The summed E-state index contributed by atoms with van der Waals surface area (Å²) in [4.78, 5) is 32.2. The molecule has 5 rings (SSSR count). The van der Waals surface area contributed by atoms with Crippen molar-refractivity contribution in [3.8, 4) is 0 Å². The number of carbonyl (C=O) groups excluding carboxylic acids is 2. The number of benzene rings is 2. The Morgan fingerprint density at radius 3 is 2.22 bits per heavy atom. The van der Waals surface area contributed by atoms with Gasteiger partial charge in [-0.3, -0.25) is 14.6 Å². The molecule has 0 bridgehead atoms. The first kappa shape index (κ1) is 21.4. The summed E-state index contributed by atoms with van der Waals surface area (Å²) >= 11 is 0. The minimum absolute atomic E-state index is 0.00239. The van der Waals surface area contributed by atoms with Gasteiger partial charge >= 0.3 is 6.03 Å². The summed E-state index contributed by atoms with van der Waals surface area (Å²) in [5.74, 6) is 0.00239. The van der Waals surface area contributed by atoms with E-state index in [9.17, 15) is 9.59 Å². The van der Waals surface area contributed by atoms with Gasteiger partial charge in [-0.2, -0.15) is 0 Å². The van der Waals surface area contributed by atoms with E-state index in [2.05, 4.69) is 57.6 Å². The highest BCUT2D eigenvalue weighted by Crippen LogP contribution is 2.32. The van der Waals surface area contributed by atoms with E-state index < -0.39 is 5.54 Å². The first-order chi connectivity index (χ1) is 15.6. The predicted octanol–water partition coefficient (Wildman–Crippen LogP) is 3.95. The molecule has 3 fully saturated rings. The number of nitrogens with zero attached hydrogens (tertiary/aromatic N) is 3. The first-order valence-corrected chi connectivity index (χ1v) is 12.2. The van der Waals surface area contributed by atoms with Gasteiger partial charge in [0.05, 0.1) is 6.67 Å². The second kappa shape index (κ2) is 9.20. The summed E-state index contributed by atoms with van der Waals surface area (Å²) in [6.45, 7) is 4.97. The quantitative estimate of drug-likeness (QED) is 0.741. The predicted molar refractivity (Wildman–Crippen MR) is 126 cm³/mol. The first-order valence-electron chi connectivity index (χ1n) is 12.2. The molecule has 3 amide bonds. The molecule has 0 aromatic heterocycles. The monoisotopic (exact) mass is 434 g/mol. The van der Waals surface area contributed by atoms with E-state index in [1.165, 1.54) is 27.7 Å². The molecule has 32 heavy (non-hydrogen) atoms. The molecule has 6 heteroatoms. The standard InChI is InChI=1S/C26H34N4O2/c31-24-26(13-6-2-1-3-7-14-26)27-25(32)30(24)20-29-17-15-28(16-18-29)19-22-11-8-10-21-9-4-5-12-23(21)22/h4-5,8-12H,1-3,6-7,13-20H2,(H,27,32). The van der Waals surface area contributed by atoms with Crippen LogP contribution in [-0.4, -0.2) is 65.0 Å². The zero-order valence-electron chi connectivity index (χ0n) is 18.9. The third-order valence-corrected chi connectivity index (χ3v) is 7.53. The molecule has 1 N–H and O–H groups in total. The van der Waals surface area contributed by atoms with Gasteiger partial charge in [0.2, 0.25) is 0 Å². The molecule has 2 aromatic rings. The van der Waals surface area contributed by atoms with Crippen LogP contribution in [-0.2, 0) is 11.3 Å². The number of carbonyl (C=O) groups is 2. The number of hydrogen-bond donors (Lipinski definition) is 1. The van der Waals surface area contributed by atoms with E-state index in [1.54, 1.807) is 0 Å². The van der Waals surface area contributed by atoms with Gasteiger partial charge in [0.15, 0.2) is 0 Å². The number of hydrogen-bond acceptors (Lipinski definition) is 4. The summed E-state index contributed by atoms with van der Waals surface area (Å²) in [6.07, 6.45) is 7.16. The van der Waals surface area contributed by atoms with Crippen LogP contribution in [0.2, 0.25) is 0 Å². The third-order valence-electron chi connectivity index (χ3n) is 7.53. The lowest BCUT2D eigenvalue weighted by Gasteiger charge is -2.36. The number of urea groups is 1. The largest absolute Gasteiger partial charge is 0.326 e. The van der Waals surface area contributed by atoms with E-state index in [-0.39, 0.29) is 11.9 Å². The molecule has 2 aromatic carbocycles. The van der Waals surface area contributed by atoms with E-state index in [1.807, 2.05) is 0 Å². The van der Waals surface area contributed by atoms with Crippen LogP contribution in [0.15, 0.2) is 42.5 Å². The Hall–Kier alpha value is -2.44. The highest BCUT2D eigenvalue weighted by atomic mass is 16.2. The molecule has 0 unspecified atom stereocenters. The number of fused-ring (bicyclic) bond motifs is 1. The van der Waals surface area contributed by atoms with Crippen molar-refractivity contribution in [1.29, 1.82) is 0 Å². The van der Waals surface area contributed by atoms with Crippen molar-refractivity contribution in [1.82, 2.24) is 20.0 Å². The van der Waals surface area contributed by atoms with Crippen molar-refractivity contribution in [2.24, 2.45) is 0 Å². The van der Waals surface area contributed by atoms with Crippen LogP contribution in [0.25, 0.3) is 10.8 Å².